The third-order valence-corrected chi connectivity index (χ3v) is 3.03. The third-order valence-electron chi connectivity index (χ3n) is 3.03. The molecular formula is C16H21F3NO3+. The predicted octanol–water partition coefficient (Wildman–Crippen LogP) is 3.58. The van der Waals surface area contributed by atoms with Crippen LogP contribution in [0.4, 0.5) is 13.2 Å². The summed E-state index contributed by atoms with van der Waals surface area (Å²) in [5.74, 6) is -1.84. The third kappa shape index (κ3) is 6.32. The van der Waals surface area contributed by atoms with Gasteiger partial charge in [0.25, 0.3) is 0 Å². The largest absolute Gasteiger partial charge is 0.477 e. The highest BCUT2D eigenvalue weighted by Crippen LogP contribution is 2.30. The number of halogens is 3. The summed E-state index contributed by atoms with van der Waals surface area (Å²) in [5.41, 5.74) is 0.857. The van der Waals surface area contributed by atoms with Gasteiger partial charge in [0.05, 0.1) is 14.1 Å². The smallest absolute Gasteiger partial charge is 0.449 e. The lowest BCUT2D eigenvalue weighted by Crippen LogP contribution is -2.42. The van der Waals surface area contributed by atoms with Crippen molar-refractivity contribution in [1.29, 1.82) is 0 Å². The number of allylic oxidation sites excluding steroid dienone is 2. The van der Waals surface area contributed by atoms with E-state index in [1.54, 1.807) is 26.2 Å². The van der Waals surface area contributed by atoms with Crippen LogP contribution in [0.15, 0.2) is 35.6 Å². The quantitative estimate of drug-likeness (QED) is 0.640. The van der Waals surface area contributed by atoms with Crippen LogP contribution in [0, 0.1) is 0 Å². The van der Waals surface area contributed by atoms with Crippen LogP contribution in [0.25, 0.3) is 0 Å². The molecule has 1 aromatic rings. The number of quaternary nitrogens is 1. The summed E-state index contributed by atoms with van der Waals surface area (Å²) in [6.45, 7) is 3.07. The Hall–Kier alpha value is -2.02. The Morgan fingerprint density at radius 3 is 2.09 bits per heavy atom. The molecule has 0 saturated heterocycles. The van der Waals surface area contributed by atoms with Crippen molar-refractivity contribution in [2.45, 2.75) is 26.6 Å². The Bertz CT molecular complexity index is 586. The van der Waals surface area contributed by atoms with Gasteiger partial charge in [0.2, 0.25) is 5.76 Å². The van der Waals surface area contributed by atoms with Gasteiger partial charge < -0.3 is 14.3 Å². The maximum absolute atomic E-state index is 12.8. The fourth-order valence-electron chi connectivity index (χ4n) is 2.14. The summed E-state index contributed by atoms with van der Waals surface area (Å²) >= 11 is 0. The van der Waals surface area contributed by atoms with Gasteiger partial charge in [-0.15, -0.1) is 0 Å². The van der Waals surface area contributed by atoms with Crippen molar-refractivity contribution in [3.63, 3.8) is 0 Å². The molecule has 1 rings (SSSR count). The first-order chi connectivity index (χ1) is 10.4. The van der Waals surface area contributed by atoms with E-state index in [0.29, 0.717) is 6.54 Å². The Morgan fingerprint density at radius 2 is 1.70 bits per heavy atom. The van der Waals surface area contributed by atoms with Gasteiger partial charge in [-0.05, 0) is 43.7 Å². The number of carboxylic acid groups (broad SMARTS) is 1. The van der Waals surface area contributed by atoms with Gasteiger partial charge in [-0.1, -0.05) is 0 Å². The van der Waals surface area contributed by atoms with Gasteiger partial charge >= 0.3 is 12.1 Å². The molecule has 0 fully saturated rings. The van der Waals surface area contributed by atoms with Crippen molar-refractivity contribution in [3.8, 4) is 5.75 Å². The molecule has 0 radical (unpaired) electrons. The second-order valence-corrected chi connectivity index (χ2v) is 6.22. The highest BCUT2D eigenvalue weighted by Gasteiger charge is 2.37. The minimum atomic E-state index is -4.54. The summed E-state index contributed by atoms with van der Waals surface area (Å²) in [6.07, 6.45) is -4.54. The fraction of sp³-hybridized carbons (Fsp3) is 0.438. The van der Waals surface area contributed by atoms with Gasteiger partial charge in [-0.25, -0.2) is 4.79 Å². The summed E-state index contributed by atoms with van der Waals surface area (Å²) < 4.78 is 43.7. The van der Waals surface area contributed by atoms with Crippen molar-refractivity contribution in [3.05, 3.63) is 41.2 Å². The molecule has 0 aliphatic rings. The Balaban J connectivity index is 2.85. The maximum atomic E-state index is 12.8. The van der Waals surface area contributed by atoms with E-state index < -0.39 is 17.9 Å². The van der Waals surface area contributed by atoms with E-state index in [9.17, 15) is 18.0 Å². The number of likely N-dealkylation sites (N-methyl/N-ethyl adjacent to an activating group) is 1. The van der Waals surface area contributed by atoms with Gasteiger partial charge in [0.15, 0.2) is 6.54 Å². The number of carboxylic acids is 1. The number of aliphatic carboxylic acids is 1. The molecule has 1 N–H and O–H groups in total. The molecule has 0 unspecified atom stereocenters. The van der Waals surface area contributed by atoms with Crippen molar-refractivity contribution in [1.82, 2.24) is 0 Å². The first-order valence-electron chi connectivity index (χ1n) is 6.96. The molecule has 0 aromatic heterocycles. The van der Waals surface area contributed by atoms with Gasteiger partial charge in [0.1, 0.15) is 12.3 Å². The molecular weight excluding hydrogens is 311 g/mol. The molecule has 0 saturated carbocycles. The van der Waals surface area contributed by atoms with Crippen LogP contribution in [0.2, 0.25) is 0 Å². The lowest BCUT2D eigenvalue weighted by Gasteiger charge is -2.27. The van der Waals surface area contributed by atoms with Crippen molar-refractivity contribution in [2.24, 2.45) is 0 Å². The van der Waals surface area contributed by atoms with Crippen LogP contribution in [0.3, 0.4) is 0 Å². The van der Waals surface area contributed by atoms with E-state index in [-0.39, 0.29) is 22.4 Å². The number of benzene rings is 1. The molecule has 0 amide bonds. The van der Waals surface area contributed by atoms with Gasteiger partial charge in [-0.2, -0.15) is 13.2 Å². The number of alkyl halides is 3. The van der Waals surface area contributed by atoms with E-state index >= 15 is 0 Å². The van der Waals surface area contributed by atoms with Crippen LogP contribution in [0.5, 0.6) is 5.75 Å². The normalized spacial score (nSPS) is 12.0. The zero-order valence-corrected chi connectivity index (χ0v) is 13.6. The average molecular weight is 332 g/mol. The van der Waals surface area contributed by atoms with Crippen molar-refractivity contribution in [2.75, 3.05) is 20.6 Å². The van der Waals surface area contributed by atoms with Crippen LogP contribution >= 0.6 is 0 Å². The lowest BCUT2D eigenvalue weighted by atomic mass is 10.2. The molecule has 0 bridgehead atoms. The number of hydrogen-bond acceptors (Lipinski definition) is 2. The Kier molecular flexibility index (Phi) is 5.82. The Labute approximate surface area is 133 Å². The number of hydrogen-bond donors (Lipinski definition) is 1. The molecule has 23 heavy (non-hydrogen) atoms. The Morgan fingerprint density at radius 1 is 1.17 bits per heavy atom. The zero-order valence-electron chi connectivity index (χ0n) is 13.6. The van der Waals surface area contributed by atoms with Crippen LogP contribution < -0.4 is 4.74 Å². The molecule has 1 aromatic carbocycles. The summed E-state index contributed by atoms with van der Waals surface area (Å²) in [4.78, 5) is 10.8. The van der Waals surface area contributed by atoms with Crippen LogP contribution in [-0.2, 0) is 11.3 Å². The molecule has 0 aliphatic heterocycles. The molecule has 4 nitrogen and oxygen atoms in total. The lowest BCUT2D eigenvalue weighted by molar-refractivity contribution is -0.896. The predicted molar refractivity (Wildman–Crippen MR) is 79.8 cm³/mol. The van der Waals surface area contributed by atoms with Crippen LogP contribution in [0.1, 0.15) is 19.4 Å². The average Bonchev–Trinajstić information content (AvgIpc) is 2.33. The number of ether oxygens (including phenoxy) is 1. The summed E-state index contributed by atoms with van der Waals surface area (Å²) in [5, 5.41) is 8.85. The minimum Gasteiger partial charge on any atom is -0.477 e. The standard InChI is InChI=1S/C16H20F3NO3/c1-11(2)15(16(17,18)19)23-13-7-5-12(6-8-13)9-20(3,4)10-14(21)22/h5-8H,9-10H2,1-4H3/p+1. The van der Waals surface area contributed by atoms with Gasteiger partial charge in [-0.3, -0.25) is 0 Å². The first kappa shape index (κ1) is 19.0. The van der Waals surface area contributed by atoms with E-state index in [2.05, 4.69) is 0 Å². The minimum absolute atomic E-state index is 0.0424. The molecule has 0 aliphatic carbocycles. The second kappa shape index (κ2) is 7.04. The second-order valence-electron chi connectivity index (χ2n) is 6.22. The molecule has 0 atom stereocenters. The van der Waals surface area contributed by atoms with Gasteiger partial charge in [0, 0.05) is 5.56 Å². The topological polar surface area (TPSA) is 46.5 Å². The number of carbonyl (C=O) groups is 1. The maximum Gasteiger partial charge on any atom is 0.449 e. The van der Waals surface area contributed by atoms with Crippen molar-refractivity contribution < 1.29 is 32.3 Å². The van der Waals surface area contributed by atoms with E-state index in [0.717, 1.165) is 5.56 Å². The summed E-state index contributed by atoms with van der Waals surface area (Å²) in [6, 6.07) is 6.17. The highest BCUT2D eigenvalue weighted by atomic mass is 19.4. The zero-order chi connectivity index (χ0) is 17.8. The molecule has 7 heteroatoms. The molecule has 0 heterocycles. The molecule has 128 valence electrons. The van der Waals surface area contributed by atoms with E-state index in [1.165, 1.54) is 26.0 Å². The number of nitrogens with zero attached hydrogens (tertiary/aromatic N) is 1. The first-order valence-corrected chi connectivity index (χ1v) is 6.96. The molecule has 0 spiro atoms. The monoisotopic (exact) mass is 332 g/mol. The highest BCUT2D eigenvalue weighted by molar-refractivity contribution is 5.67. The number of rotatable bonds is 6. The fourth-order valence-corrected chi connectivity index (χ4v) is 2.14. The van der Waals surface area contributed by atoms with Crippen molar-refractivity contribution >= 4 is 5.97 Å². The van der Waals surface area contributed by atoms with E-state index in [4.69, 9.17) is 9.84 Å². The SMILES string of the molecule is CC(C)=C(Oc1ccc(C[N+](C)(C)CC(=O)O)cc1)C(F)(F)F. The van der Waals surface area contributed by atoms with E-state index in [1.807, 2.05) is 0 Å². The summed E-state index contributed by atoms with van der Waals surface area (Å²) in [7, 11) is 3.53. The van der Waals surface area contributed by atoms with Crippen LogP contribution in [-0.4, -0.2) is 42.4 Å².